The van der Waals surface area contributed by atoms with Gasteiger partial charge in [-0.3, -0.25) is 4.79 Å². The van der Waals surface area contributed by atoms with Crippen LogP contribution in [-0.2, 0) is 0 Å². The number of amides is 1. The third-order valence-electron chi connectivity index (χ3n) is 2.89. The van der Waals surface area contributed by atoms with Crippen LogP contribution in [0.5, 0.6) is 0 Å². The minimum absolute atomic E-state index is 0.0647. The van der Waals surface area contributed by atoms with Crippen LogP contribution in [0.3, 0.4) is 0 Å². The van der Waals surface area contributed by atoms with Crippen LogP contribution in [0.4, 0.5) is 0 Å². The van der Waals surface area contributed by atoms with Gasteiger partial charge in [-0.25, -0.2) is 0 Å². The van der Waals surface area contributed by atoms with Crippen molar-refractivity contribution in [1.29, 1.82) is 0 Å². The van der Waals surface area contributed by atoms with Crippen LogP contribution in [0.25, 0.3) is 0 Å². The molecule has 20 heavy (non-hydrogen) atoms. The van der Waals surface area contributed by atoms with Crippen LogP contribution in [0.15, 0.2) is 18.2 Å². The third-order valence-corrected chi connectivity index (χ3v) is 2.89. The van der Waals surface area contributed by atoms with Gasteiger partial charge >= 0.3 is 0 Å². The fourth-order valence-corrected chi connectivity index (χ4v) is 1.83. The molecule has 0 aliphatic rings. The Kier molecular flexibility index (Phi) is 6.23. The highest BCUT2D eigenvalue weighted by atomic mass is 16.3. The van der Waals surface area contributed by atoms with Crippen molar-refractivity contribution >= 4 is 5.91 Å². The Morgan fingerprint density at radius 1 is 1.45 bits per heavy atom. The van der Waals surface area contributed by atoms with Crippen LogP contribution in [0.1, 0.15) is 34.8 Å². The van der Waals surface area contributed by atoms with E-state index in [1.54, 1.807) is 24.9 Å². The molecule has 0 bridgehead atoms. The van der Waals surface area contributed by atoms with Gasteiger partial charge in [0.2, 0.25) is 0 Å². The van der Waals surface area contributed by atoms with Gasteiger partial charge in [0.25, 0.3) is 5.91 Å². The minimum Gasteiger partial charge on any atom is -0.393 e. The lowest BCUT2D eigenvalue weighted by Crippen LogP contribution is -2.29. The molecule has 0 heterocycles. The zero-order valence-electron chi connectivity index (χ0n) is 12.3. The molecule has 0 spiro atoms. The molecule has 0 aliphatic carbocycles. The number of aliphatic hydroxyl groups excluding tert-OH is 1. The number of aliphatic hydroxyl groups is 1. The van der Waals surface area contributed by atoms with Crippen molar-refractivity contribution in [3.05, 3.63) is 34.9 Å². The number of carbonyl (C=O) groups excluding carboxylic acids is 1. The number of carbonyl (C=O) groups is 1. The Labute approximate surface area is 120 Å². The number of hydrogen-bond acceptors (Lipinski definition) is 3. The highest BCUT2D eigenvalue weighted by Crippen LogP contribution is 2.11. The number of hydrogen-bond donors (Lipinski definition) is 2. The largest absolute Gasteiger partial charge is 0.393 e. The molecule has 108 valence electrons. The summed E-state index contributed by atoms with van der Waals surface area (Å²) in [5, 5.41) is 9.27. The van der Waals surface area contributed by atoms with Gasteiger partial charge in [-0.1, -0.05) is 11.8 Å². The maximum Gasteiger partial charge on any atom is 0.253 e. The molecule has 1 rings (SSSR count). The maximum atomic E-state index is 12.3. The summed E-state index contributed by atoms with van der Waals surface area (Å²) in [6.07, 6.45) is 0.155. The fraction of sp³-hybridized carbons (Fsp3) is 0.438. The smallest absolute Gasteiger partial charge is 0.253 e. The number of rotatable bonds is 4. The van der Waals surface area contributed by atoms with Crippen molar-refractivity contribution in [2.45, 2.75) is 26.4 Å². The van der Waals surface area contributed by atoms with Crippen LogP contribution in [0.2, 0.25) is 0 Å². The van der Waals surface area contributed by atoms with Gasteiger partial charge in [-0.2, -0.15) is 0 Å². The molecule has 0 aromatic heterocycles. The minimum atomic E-state index is -0.409. The number of nitrogens with zero attached hydrogens (tertiary/aromatic N) is 1. The molecule has 0 saturated heterocycles. The first-order valence-electron chi connectivity index (χ1n) is 6.68. The van der Waals surface area contributed by atoms with Crippen molar-refractivity contribution in [1.82, 2.24) is 4.90 Å². The molecule has 0 radical (unpaired) electrons. The molecule has 4 nitrogen and oxygen atoms in total. The van der Waals surface area contributed by atoms with Crippen molar-refractivity contribution in [2.75, 3.05) is 20.1 Å². The Bertz CT molecular complexity index is 527. The molecule has 1 atom stereocenters. The number of aryl methyl sites for hydroxylation is 1. The highest BCUT2D eigenvalue weighted by Gasteiger charge is 2.13. The standard InChI is InChI=1S/C16H22N2O2/c1-12-9-14(5-4-7-17)11-15(10-12)16(20)18(3)8-6-13(2)19/h9-11,13,19H,6-8,17H2,1-3H3. The molecule has 0 saturated carbocycles. The molecular weight excluding hydrogens is 252 g/mol. The lowest BCUT2D eigenvalue weighted by atomic mass is 10.1. The number of nitrogens with two attached hydrogens (primary N) is 1. The molecule has 4 heteroatoms. The van der Waals surface area contributed by atoms with E-state index in [9.17, 15) is 9.90 Å². The molecule has 1 aromatic rings. The van der Waals surface area contributed by atoms with Gasteiger partial charge in [0.1, 0.15) is 0 Å². The van der Waals surface area contributed by atoms with E-state index in [0.717, 1.165) is 11.1 Å². The van der Waals surface area contributed by atoms with Gasteiger partial charge in [0.15, 0.2) is 0 Å². The third kappa shape index (κ3) is 5.04. The second-order valence-electron chi connectivity index (χ2n) is 4.96. The van der Waals surface area contributed by atoms with E-state index >= 15 is 0 Å². The average molecular weight is 274 g/mol. The lowest BCUT2D eigenvalue weighted by Gasteiger charge is -2.18. The Morgan fingerprint density at radius 2 is 2.15 bits per heavy atom. The van der Waals surface area contributed by atoms with Crippen molar-refractivity contribution in [2.24, 2.45) is 5.73 Å². The molecule has 0 aliphatic heterocycles. The summed E-state index contributed by atoms with van der Waals surface area (Å²) in [6.45, 7) is 4.46. The molecule has 3 N–H and O–H groups in total. The second kappa shape index (κ2) is 7.68. The lowest BCUT2D eigenvalue weighted by molar-refractivity contribution is 0.0769. The first kappa shape index (κ1) is 16.2. The van der Waals surface area contributed by atoms with Gasteiger partial charge in [-0.05, 0) is 44.0 Å². The Hall–Kier alpha value is -1.83. The van der Waals surface area contributed by atoms with Crippen LogP contribution in [0, 0.1) is 18.8 Å². The summed E-state index contributed by atoms with van der Waals surface area (Å²) in [5.74, 6) is 5.67. The Balaban J connectivity index is 2.89. The monoisotopic (exact) mass is 274 g/mol. The summed E-state index contributed by atoms with van der Waals surface area (Å²) in [4.78, 5) is 13.9. The fourth-order valence-electron chi connectivity index (χ4n) is 1.83. The van der Waals surface area contributed by atoms with Crippen LogP contribution >= 0.6 is 0 Å². The summed E-state index contributed by atoms with van der Waals surface area (Å²) in [5.41, 5.74) is 7.75. The van der Waals surface area contributed by atoms with Gasteiger partial charge in [0.05, 0.1) is 12.6 Å². The average Bonchev–Trinajstić information content (AvgIpc) is 2.41. The molecule has 0 fully saturated rings. The van der Waals surface area contributed by atoms with E-state index in [-0.39, 0.29) is 5.91 Å². The maximum absolute atomic E-state index is 12.3. The predicted octanol–water partition coefficient (Wildman–Crippen LogP) is 1.15. The normalized spacial score (nSPS) is 11.4. The van der Waals surface area contributed by atoms with E-state index < -0.39 is 6.10 Å². The molecule has 1 amide bonds. The first-order valence-corrected chi connectivity index (χ1v) is 6.68. The second-order valence-corrected chi connectivity index (χ2v) is 4.96. The summed E-state index contributed by atoms with van der Waals surface area (Å²) >= 11 is 0. The first-order chi connectivity index (χ1) is 9.43. The van der Waals surface area contributed by atoms with E-state index in [0.29, 0.717) is 25.1 Å². The van der Waals surface area contributed by atoms with E-state index in [4.69, 9.17) is 5.73 Å². The summed E-state index contributed by atoms with van der Waals surface area (Å²) < 4.78 is 0. The molecular formula is C16H22N2O2. The van der Waals surface area contributed by atoms with Crippen LogP contribution in [-0.4, -0.2) is 42.2 Å². The summed E-state index contributed by atoms with van der Waals surface area (Å²) in [6, 6.07) is 5.54. The van der Waals surface area contributed by atoms with E-state index in [1.807, 2.05) is 19.1 Å². The zero-order valence-corrected chi connectivity index (χ0v) is 12.3. The van der Waals surface area contributed by atoms with Crippen molar-refractivity contribution in [3.63, 3.8) is 0 Å². The van der Waals surface area contributed by atoms with E-state index in [2.05, 4.69) is 11.8 Å². The molecule has 1 unspecified atom stereocenters. The topological polar surface area (TPSA) is 66.6 Å². The number of benzene rings is 1. The SMILES string of the molecule is Cc1cc(C#CCN)cc(C(=O)N(C)CCC(C)O)c1. The molecule has 1 aromatic carbocycles. The quantitative estimate of drug-likeness (QED) is 0.809. The highest BCUT2D eigenvalue weighted by molar-refractivity contribution is 5.94. The Morgan fingerprint density at radius 3 is 2.75 bits per heavy atom. The predicted molar refractivity (Wildman–Crippen MR) is 80.4 cm³/mol. The van der Waals surface area contributed by atoms with Crippen LogP contribution < -0.4 is 5.73 Å². The summed E-state index contributed by atoms with van der Waals surface area (Å²) in [7, 11) is 1.73. The zero-order chi connectivity index (χ0) is 15.1. The van der Waals surface area contributed by atoms with Crippen molar-refractivity contribution in [3.8, 4) is 11.8 Å². The van der Waals surface area contributed by atoms with Crippen molar-refractivity contribution < 1.29 is 9.90 Å². The van der Waals surface area contributed by atoms with Gasteiger partial charge < -0.3 is 15.7 Å². The van der Waals surface area contributed by atoms with Gasteiger partial charge in [0, 0.05) is 24.7 Å². The van der Waals surface area contributed by atoms with Gasteiger partial charge in [-0.15, -0.1) is 0 Å². The van der Waals surface area contributed by atoms with E-state index in [1.165, 1.54) is 0 Å².